The van der Waals surface area contributed by atoms with Crippen LogP contribution in [0.2, 0.25) is 0 Å². The Morgan fingerprint density at radius 2 is 1.43 bits per heavy atom. The van der Waals surface area contributed by atoms with Gasteiger partial charge in [0, 0.05) is 45.2 Å². The zero-order valence-electron chi connectivity index (χ0n) is 18.2. The molecule has 0 bridgehead atoms. The van der Waals surface area contributed by atoms with E-state index in [2.05, 4.69) is 37.5 Å². The van der Waals surface area contributed by atoms with Crippen LogP contribution in [0.15, 0.2) is 0 Å². The van der Waals surface area contributed by atoms with Gasteiger partial charge in [-0.1, -0.05) is 13.8 Å². The fraction of sp³-hybridized carbons (Fsp3) is 0.909. The Balaban J connectivity index is 1.57. The Morgan fingerprint density at radius 3 is 1.96 bits per heavy atom. The largest absolute Gasteiger partial charge is 0.373 e. The maximum atomic E-state index is 13.4. The smallest absolute Gasteiger partial charge is 0.240 e. The van der Waals surface area contributed by atoms with E-state index >= 15 is 0 Å². The summed E-state index contributed by atoms with van der Waals surface area (Å²) in [6, 6.07) is -0.0943. The molecule has 2 amide bonds. The van der Waals surface area contributed by atoms with Gasteiger partial charge < -0.3 is 14.5 Å². The van der Waals surface area contributed by atoms with E-state index in [1.165, 1.54) is 6.42 Å². The predicted octanol–water partition coefficient (Wildman–Crippen LogP) is 2.37. The van der Waals surface area contributed by atoms with Gasteiger partial charge in [0.15, 0.2) is 0 Å². The third kappa shape index (κ3) is 5.07. The molecule has 28 heavy (non-hydrogen) atoms. The van der Waals surface area contributed by atoms with Crippen molar-refractivity contribution in [2.45, 2.75) is 78.0 Å². The summed E-state index contributed by atoms with van der Waals surface area (Å²) < 4.78 is 5.86. The highest BCUT2D eigenvalue weighted by Gasteiger charge is 2.38. The minimum absolute atomic E-state index is 0.0943. The fourth-order valence-electron chi connectivity index (χ4n) is 5.21. The number of ether oxygens (including phenoxy) is 1. The van der Waals surface area contributed by atoms with E-state index in [0.29, 0.717) is 19.0 Å². The van der Waals surface area contributed by atoms with Crippen molar-refractivity contribution in [2.75, 3.05) is 39.3 Å². The summed E-state index contributed by atoms with van der Waals surface area (Å²) in [5.41, 5.74) is 0. The Kier molecular flexibility index (Phi) is 7.37. The van der Waals surface area contributed by atoms with Crippen molar-refractivity contribution in [3.8, 4) is 0 Å². The zero-order chi connectivity index (χ0) is 20.3. The molecule has 0 aromatic carbocycles. The lowest BCUT2D eigenvalue weighted by Crippen LogP contribution is -2.58. The molecular formula is C22H39N3O3. The Labute approximate surface area is 170 Å². The SMILES string of the molecule is CC1CN(C(C(=O)N2CCC(C(=O)N3CCCCC3)CC2)C(C)C)CC(C)O1. The molecule has 3 aliphatic rings. The molecule has 3 unspecified atom stereocenters. The number of amides is 2. The number of carbonyl (C=O) groups excluding carboxylic acids is 2. The van der Waals surface area contributed by atoms with Crippen molar-refractivity contribution < 1.29 is 14.3 Å². The van der Waals surface area contributed by atoms with E-state index in [9.17, 15) is 9.59 Å². The third-order valence-electron chi connectivity index (χ3n) is 6.55. The Morgan fingerprint density at radius 1 is 0.857 bits per heavy atom. The van der Waals surface area contributed by atoms with Gasteiger partial charge in [0.2, 0.25) is 11.8 Å². The van der Waals surface area contributed by atoms with E-state index in [0.717, 1.165) is 51.9 Å². The lowest BCUT2D eigenvalue weighted by Gasteiger charge is -2.43. The van der Waals surface area contributed by atoms with Crippen LogP contribution in [-0.4, -0.2) is 84.0 Å². The van der Waals surface area contributed by atoms with Gasteiger partial charge in [-0.05, 0) is 51.9 Å². The number of hydrogen-bond acceptors (Lipinski definition) is 4. The van der Waals surface area contributed by atoms with Crippen LogP contribution in [0.25, 0.3) is 0 Å². The molecule has 3 heterocycles. The van der Waals surface area contributed by atoms with Gasteiger partial charge in [-0.25, -0.2) is 0 Å². The minimum Gasteiger partial charge on any atom is -0.373 e. The van der Waals surface area contributed by atoms with Gasteiger partial charge in [0.25, 0.3) is 0 Å². The van der Waals surface area contributed by atoms with Crippen molar-refractivity contribution in [3.05, 3.63) is 0 Å². The van der Waals surface area contributed by atoms with Gasteiger partial charge >= 0.3 is 0 Å². The second-order valence-electron chi connectivity index (χ2n) is 9.39. The first-order chi connectivity index (χ1) is 13.4. The lowest BCUT2D eigenvalue weighted by molar-refractivity contribution is -0.149. The first-order valence-electron chi connectivity index (χ1n) is 11.3. The summed E-state index contributed by atoms with van der Waals surface area (Å²) in [6.45, 7) is 13.3. The zero-order valence-corrected chi connectivity index (χ0v) is 18.2. The van der Waals surface area contributed by atoms with Crippen LogP contribution in [0.5, 0.6) is 0 Å². The molecule has 3 rings (SSSR count). The first-order valence-corrected chi connectivity index (χ1v) is 11.3. The highest BCUT2D eigenvalue weighted by molar-refractivity contribution is 5.83. The average Bonchev–Trinajstić information content (AvgIpc) is 2.67. The molecular weight excluding hydrogens is 354 g/mol. The van der Waals surface area contributed by atoms with Gasteiger partial charge in [-0.2, -0.15) is 0 Å². The second kappa shape index (κ2) is 9.57. The molecule has 3 atom stereocenters. The summed E-state index contributed by atoms with van der Waals surface area (Å²) in [6.07, 6.45) is 5.44. The molecule has 0 aromatic heterocycles. The quantitative estimate of drug-likeness (QED) is 0.736. The number of hydrogen-bond donors (Lipinski definition) is 0. The lowest BCUT2D eigenvalue weighted by atomic mass is 9.92. The van der Waals surface area contributed by atoms with Crippen LogP contribution in [-0.2, 0) is 14.3 Å². The van der Waals surface area contributed by atoms with Crippen molar-refractivity contribution in [1.82, 2.24) is 14.7 Å². The fourth-order valence-corrected chi connectivity index (χ4v) is 5.21. The topological polar surface area (TPSA) is 53.1 Å². The summed E-state index contributed by atoms with van der Waals surface area (Å²) in [5, 5.41) is 0. The van der Waals surface area contributed by atoms with Crippen molar-refractivity contribution in [3.63, 3.8) is 0 Å². The average molecular weight is 394 g/mol. The highest BCUT2D eigenvalue weighted by atomic mass is 16.5. The van der Waals surface area contributed by atoms with E-state index in [-0.39, 0.29) is 36.0 Å². The highest BCUT2D eigenvalue weighted by Crippen LogP contribution is 2.25. The molecule has 0 aromatic rings. The van der Waals surface area contributed by atoms with E-state index in [1.54, 1.807) is 0 Å². The summed E-state index contributed by atoms with van der Waals surface area (Å²) in [4.78, 5) is 32.6. The van der Waals surface area contributed by atoms with E-state index in [4.69, 9.17) is 4.74 Å². The number of rotatable bonds is 4. The van der Waals surface area contributed by atoms with Crippen LogP contribution in [0.3, 0.4) is 0 Å². The summed E-state index contributed by atoms with van der Waals surface area (Å²) in [7, 11) is 0. The Hall–Kier alpha value is -1.14. The van der Waals surface area contributed by atoms with Gasteiger partial charge in [-0.3, -0.25) is 14.5 Å². The third-order valence-corrected chi connectivity index (χ3v) is 6.55. The normalized spacial score (nSPS) is 29.2. The Bertz CT molecular complexity index is 529. The van der Waals surface area contributed by atoms with Crippen LogP contribution in [0, 0.1) is 11.8 Å². The van der Waals surface area contributed by atoms with E-state index < -0.39 is 0 Å². The van der Waals surface area contributed by atoms with Crippen molar-refractivity contribution in [1.29, 1.82) is 0 Å². The molecule has 0 aliphatic carbocycles. The maximum absolute atomic E-state index is 13.4. The molecule has 0 spiro atoms. The molecule has 160 valence electrons. The predicted molar refractivity (Wildman–Crippen MR) is 110 cm³/mol. The van der Waals surface area contributed by atoms with E-state index in [1.807, 2.05) is 4.90 Å². The first kappa shape index (κ1) is 21.6. The number of piperidine rings is 2. The van der Waals surface area contributed by atoms with Gasteiger partial charge in [0.1, 0.15) is 0 Å². The van der Waals surface area contributed by atoms with Crippen LogP contribution < -0.4 is 0 Å². The minimum atomic E-state index is -0.0943. The van der Waals surface area contributed by atoms with Crippen molar-refractivity contribution >= 4 is 11.8 Å². The molecule has 0 saturated carbocycles. The number of morpholine rings is 1. The molecule has 3 aliphatic heterocycles. The maximum Gasteiger partial charge on any atom is 0.240 e. The van der Waals surface area contributed by atoms with Gasteiger partial charge in [0.05, 0.1) is 18.2 Å². The number of nitrogens with zero attached hydrogens (tertiary/aromatic N) is 3. The number of likely N-dealkylation sites (tertiary alicyclic amines) is 2. The second-order valence-corrected chi connectivity index (χ2v) is 9.39. The van der Waals surface area contributed by atoms with Crippen LogP contribution >= 0.6 is 0 Å². The molecule has 0 N–H and O–H groups in total. The monoisotopic (exact) mass is 393 g/mol. The molecule has 6 nitrogen and oxygen atoms in total. The summed E-state index contributed by atoms with van der Waals surface area (Å²) in [5.74, 6) is 0.920. The van der Waals surface area contributed by atoms with Gasteiger partial charge in [-0.15, -0.1) is 0 Å². The molecule has 0 radical (unpaired) electrons. The standard InChI is InChI=1S/C22H39N3O3/c1-16(2)20(25-14-17(3)28-18(4)15-25)22(27)24-12-8-19(9-13-24)21(26)23-10-6-5-7-11-23/h16-20H,5-15H2,1-4H3. The molecule has 3 fully saturated rings. The molecule has 6 heteroatoms. The summed E-state index contributed by atoms with van der Waals surface area (Å²) >= 11 is 0. The molecule has 3 saturated heterocycles. The van der Waals surface area contributed by atoms with Crippen LogP contribution in [0.4, 0.5) is 0 Å². The van der Waals surface area contributed by atoms with Crippen LogP contribution in [0.1, 0.15) is 59.8 Å². The van der Waals surface area contributed by atoms with Crippen molar-refractivity contribution in [2.24, 2.45) is 11.8 Å². The number of carbonyl (C=O) groups is 2.